The molecule has 1 aromatic rings. The average molecular weight is 381 g/mol. The second kappa shape index (κ2) is 6.85. The molecule has 5 nitrogen and oxygen atoms in total. The predicted molar refractivity (Wildman–Crippen MR) is 81.8 cm³/mol. The van der Waals surface area contributed by atoms with Crippen molar-refractivity contribution >= 4 is 31.9 Å². The molecule has 1 amide bonds. The molecule has 0 atom stereocenters. The number of benzene rings is 1. The minimum atomic E-state index is -3.79. The van der Waals surface area contributed by atoms with Gasteiger partial charge in [-0.05, 0) is 54.9 Å². The van der Waals surface area contributed by atoms with Crippen molar-refractivity contribution in [3.05, 3.63) is 28.5 Å². The first-order chi connectivity index (χ1) is 9.51. The first-order valence-electron chi connectivity index (χ1n) is 6.27. The van der Waals surface area contributed by atoms with Crippen molar-refractivity contribution in [1.82, 2.24) is 10.0 Å². The summed E-state index contributed by atoms with van der Waals surface area (Å²) < 4.78 is 39.5. The Bertz CT molecular complexity index is 627. The molecule has 0 aliphatic carbocycles. The lowest BCUT2D eigenvalue weighted by molar-refractivity contribution is -0.122. The van der Waals surface area contributed by atoms with Crippen LogP contribution in [0.3, 0.4) is 0 Å². The van der Waals surface area contributed by atoms with Gasteiger partial charge in [0.15, 0.2) is 0 Å². The number of carbonyl (C=O) groups excluding carboxylic acids is 1. The van der Waals surface area contributed by atoms with E-state index in [4.69, 9.17) is 0 Å². The molecule has 0 fully saturated rings. The lowest BCUT2D eigenvalue weighted by Gasteiger charge is -2.20. The van der Waals surface area contributed by atoms with E-state index in [9.17, 15) is 17.6 Å². The first-order valence-corrected chi connectivity index (χ1v) is 8.54. The van der Waals surface area contributed by atoms with Gasteiger partial charge in [-0.3, -0.25) is 4.79 Å². The third-order valence-corrected chi connectivity index (χ3v) is 4.78. The topological polar surface area (TPSA) is 75.3 Å². The summed E-state index contributed by atoms with van der Waals surface area (Å²) in [5.41, 5.74) is -0.365. The summed E-state index contributed by atoms with van der Waals surface area (Å²) in [6, 6.07) is 3.30. The van der Waals surface area contributed by atoms with E-state index < -0.39 is 15.8 Å². The van der Waals surface area contributed by atoms with E-state index in [-0.39, 0.29) is 33.8 Å². The van der Waals surface area contributed by atoms with Gasteiger partial charge >= 0.3 is 0 Å². The average Bonchev–Trinajstić information content (AvgIpc) is 2.25. The zero-order chi connectivity index (χ0) is 16.3. The highest BCUT2D eigenvalue weighted by molar-refractivity contribution is 9.10. The van der Waals surface area contributed by atoms with Crippen LogP contribution in [0.25, 0.3) is 0 Å². The van der Waals surface area contributed by atoms with Gasteiger partial charge in [-0.25, -0.2) is 17.5 Å². The molecule has 21 heavy (non-hydrogen) atoms. The summed E-state index contributed by atoms with van der Waals surface area (Å²) in [6.07, 6.45) is 0.0231. The highest BCUT2D eigenvalue weighted by Crippen LogP contribution is 2.22. The van der Waals surface area contributed by atoms with Crippen LogP contribution >= 0.6 is 15.9 Å². The molecule has 118 valence electrons. The third kappa shape index (κ3) is 6.11. The second-order valence-corrected chi connectivity index (χ2v) is 8.11. The Kier molecular flexibility index (Phi) is 5.89. The molecule has 2 N–H and O–H groups in total. The highest BCUT2D eigenvalue weighted by atomic mass is 79.9. The monoisotopic (exact) mass is 380 g/mol. The Hall–Kier alpha value is -0.990. The summed E-state index contributed by atoms with van der Waals surface area (Å²) in [7, 11) is -3.79. The van der Waals surface area contributed by atoms with E-state index in [2.05, 4.69) is 26.0 Å². The lowest BCUT2D eigenvalue weighted by atomic mass is 10.1. The van der Waals surface area contributed by atoms with Crippen molar-refractivity contribution in [3.63, 3.8) is 0 Å². The molecule has 0 aromatic heterocycles. The Balaban J connectivity index is 2.64. The molecule has 0 heterocycles. The number of hydrogen-bond donors (Lipinski definition) is 2. The van der Waals surface area contributed by atoms with Gasteiger partial charge in [-0.1, -0.05) is 0 Å². The second-order valence-electron chi connectivity index (χ2n) is 5.52. The van der Waals surface area contributed by atoms with Crippen LogP contribution in [0.4, 0.5) is 4.39 Å². The van der Waals surface area contributed by atoms with Gasteiger partial charge in [0.2, 0.25) is 15.9 Å². The Morgan fingerprint density at radius 2 is 1.95 bits per heavy atom. The SMILES string of the molecule is CC(C)(C)NC(=O)CCNS(=O)(=O)c1ccc(F)cc1Br. The summed E-state index contributed by atoms with van der Waals surface area (Å²) in [5.74, 6) is -0.784. The largest absolute Gasteiger partial charge is 0.351 e. The van der Waals surface area contributed by atoms with Crippen LogP contribution in [0.15, 0.2) is 27.6 Å². The van der Waals surface area contributed by atoms with Gasteiger partial charge in [0.25, 0.3) is 0 Å². The fraction of sp³-hybridized carbons (Fsp3) is 0.462. The summed E-state index contributed by atoms with van der Waals surface area (Å²) in [4.78, 5) is 11.5. The molecule has 0 aliphatic rings. The van der Waals surface area contributed by atoms with E-state index in [0.29, 0.717) is 0 Å². The van der Waals surface area contributed by atoms with E-state index in [0.717, 1.165) is 18.2 Å². The third-order valence-electron chi connectivity index (χ3n) is 2.34. The van der Waals surface area contributed by atoms with Crippen molar-refractivity contribution in [2.45, 2.75) is 37.6 Å². The Morgan fingerprint density at radius 3 is 2.48 bits per heavy atom. The maximum atomic E-state index is 13.0. The molecule has 1 rings (SSSR count). The number of amides is 1. The van der Waals surface area contributed by atoms with Crippen molar-refractivity contribution in [1.29, 1.82) is 0 Å². The number of sulfonamides is 1. The number of rotatable bonds is 5. The van der Waals surface area contributed by atoms with Crippen molar-refractivity contribution < 1.29 is 17.6 Å². The lowest BCUT2D eigenvalue weighted by Crippen LogP contribution is -2.41. The zero-order valence-corrected chi connectivity index (χ0v) is 14.4. The normalized spacial score (nSPS) is 12.2. The molecular weight excluding hydrogens is 363 g/mol. The van der Waals surface area contributed by atoms with Crippen molar-refractivity contribution in [3.8, 4) is 0 Å². The van der Waals surface area contributed by atoms with Gasteiger partial charge < -0.3 is 5.32 Å². The highest BCUT2D eigenvalue weighted by Gasteiger charge is 2.19. The quantitative estimate of drug-likeness (QED) is 0.821. The molecule has 0 radical (unpaired) electrons. The molecular formula is C13H18BrFN2O3S. The number of halogens is 2. The Morgan fingerprint density at radius 1 is 1.33 bits per heavy atom. The van der Waals surface area contributed by atoms with E-state index in [1.807, 2.05) is 20.8 Å². The van der Waals surface area contributed by atoms with Crippen LogP contribution in [-0.2, 0) is 14.8 Å². The van der Waals surface area contributed by atoms with Crippen LogP contribution in [0.5, 0.6) is 0 Å². The van der Waals surface area contributed by atoms with Crippen LogP contribution < -0.4 is 10.0 Å². The summed E-state index contributed by atoms with van der Waals surface area (Å²) in [6.45, 7) is 5.48. The maximum Gasteiger partial charge on any atom is 0.241 e. The van der Waals surface area contributed by atoms with Crippen LogP contribution in [0.2, 0.25) is 0 Å². The molecule has 8 heteroatoms. The zero-order valence-electron chi connectivity index (χ0n) is 12.0. The number of hydrogen-bond acceptors (Lipinski definition) is 3. The van der Waals surface area contributed by atoms with Gasteiger partial charge in [0.1, 0.15) is 5.82 Å². The van der Waals surface area contributed by atoms with Crippen molar-refractivity contribution in [2.75, 3.05) is 6.54 Å². The van der Waals surface area contributed by atoms with Gasteiger partial charge in [-0.2, -0.15) is 0 Å². The Labute approximate surface area is 132 Å². The minimum Gasteiger partial charge on any atom is -0.351 e. The van der Waals surface area contributed by atoms with Crippen LogP contribution in [0.1, 0.15) is 27.2 Å². The molecule has 0 unspecified atom stereocenters. The molecule has 0 aliphatic heterocycles. The number of nitrogens with one attached hydrogen (secondary N) is 2. The summed E-state index contributed by atoms with van der Waals surface area (Å²) >= 11 is 3.01. The van der Waals surface area contributed by atoms with Gasteiger partial charge in [0, 0.05) is 23.0 Å². The maximum absolute atomic E-state index is 13.0. The number of carbonyl (C=O) groups is 1. The standard InChI is InChI=1S/C13H18BrFN2O3S/c1-13(2,3)17-12(18)6-7-16-21(19,20)11-5-4-9(15)8-10(11)14/h4-5,8,16H,6-7H2,1-3H3,(H,17,18). The van der Waals surface area contributed by atoms with E-state index in [1.54, 1.807) is 0 Å². The summed E-state index contributed by atoms with van der Waals surface area (Å²) in [5, 5.41) is 2.73. The van der Waals surface area contributed by atoms with Crippen LogP contribution in [0, 0.1) is 5.82 Å². The predicted octanol–water partition coefficient (Wildman–Crippen LogP) is 2.17. The first kappa shape index (κ1) is 18.1. The molecule has 0 saturated carbocycles. The fourth-order valence-electron chi connectivity index (χ4n) is 1.55. The molecule has 0 spiro atoms. The molecule has 0 saturated heterocycles. The smallest absolute Gasteiger partial charge is 0.241 e. The molecule has 0 bridgehead atoms. The van der Waals surface area contributed by atoms with E-state index >= 15 is 0 Å². The van der Waals surface area contributed by atoms with Gasteiger partial charge in [0.05, 0.1) is 4.90 Å². The van der Waals surface area contributed by atoms with E-state index in [1.165, 1.54) is 0 Å². The van der Waals surface area contributed by atoms with Gasteiger partial charge in [-0.15, -0.1) is 0 Å². The molecule has 1 aromatic carbocycles. The fourth-order valence-corrected chi connectivity index (χ4v) is 3.63. The van der Waals surface area contributed by atoms with Crippen molar-refractivity contribution in [2.24, 2.45) is 0 Å². The minimum absolute atomic E-state index is 0.0231. The van der Waals surface area contributed by atoms with Crippen LogP contribution in [-0.4, -0.2) is 26.4 Å².